The molecule has 1 aliphatic heterocycles. The number of hydrogen-bond donors (Lipinski definition) is 1. The molecule has 1 fully saturated rings. The molecule has 1 amide bonds. The number of benzene rings is 1. The van der Waals surface area contributed by atoms with Gasteiger partial charge >= 0.3 is 0 Å². The Morgan fingerprint density at radius 1 is 1.15 bits per heavy atom. The molecule has 1 aromatic carbocycles. The summed E-state index contributed by atoms with van der Waals surface area (Å²) in [6, 6.07) is 12.9. The molecule has 1 N–H and O–H groups in total. The van der Waals surface area contributed by atoms with E-state index in [1.165, 1.54) is 9.30 Å². The first kappa shape index (κ1) is 23.0. The SMILES string of the molecule is COCCN1C(=O)C(=Cc2c(NCc3ccc(OC)cc3)nc3ccccn3c2=O)SC1=S. The lowest BCUT2D eigenvalue weighted by molar-refractivity contribution is -0.122. The van der Waals surface area contributed by atoms with Gasteiger partial charge in [0.15, 0.2) is 0 Å². The molecule has 3 aromatic rings. The number of nitrogens with one attached hydrogen (secondary N) is 1. The highest BCUT2D eigenvalue weighted by Crippen LogP contribution is 2.33. The van der Waals surface area contributed by atoms with E-state index < -0.39 is 0 Å². The van der Waals surface area contributed by atoms with Crippen molar-refractivity contribution in [3.63, 3.8) is 0 Å². The Morgan fingerprint density at radius 3 is 2.67 bits per heavy atom. The number of thiocarbonyl (C=S) groups is 1. The van der Waals surface area contributed by atoms with Gasteiger partial charge in [-0.15, -0.1) is 0 Å². The first-order chi connectivity index (χ1) is 16.0. The molecular weight excluding hydrogens is 460 g/mol. The summed E-state index contributed by atoms with van der Waals surface area (Å²) in [5.41, 5.74) is 1.51. The highest BCUT2D eigenvalue weighted by Gasteiger charge is 2.32. The van der Waals surface area contributed by atoms with Crippen LogP contribution >= 0.6 is 24.0 Å². The van der Waals surface area contributed by atoms with Crippen LogP contribution in [0.3, 0.4) is 0 Å². The van der Waals surface area contributed by atoms with E-state index in [-0.39, 0.29) is 11.5 Å². The van der Waals surface area contributed by atoms with E-state index >= 15 is 0 Å². The van der Waals surface area contributed by atoms with Crippen molar-refractivity contribution in [2.75, 3.05) is 32.7 Å². The second-order valence-corrected chi connectivity index (χ2v) is 8.81. The molecule has 0 atom stereocenters. The molecule has 4 rings (SSSR count). The highest BCUT2D eigenvalue weighted by molar-refractivity contribution is 8.26. The van der Waals surface area contributed by atoms with Crippen molar-refractivity contribution >= 4 is 51.7 Å². The Labute approximate surface area is 200 Å². The van der Waals surface area contributed by atoms with Gasteiger partial charge in [-0.2, -0.15) is 0 Å². The average Bonchev–Trinajstić information content (AvgIpc) is 3.10. The van der Waals surface area contributed by atoms with Crippen LogP contribution in [0, 0.1) is 0 Å². The lowest BCUT2D eigenvalue weighted by Crippen LogP contribution is -2.31. The number of anilines is 1. The van der Waals surface area contributed by atoms with Gasteiger partial charge in [0, 0.05) is 19.9 Å². The summed E-state index contributed by atoms with van der Waals surface area (Å²) in [5.74, 6) is 0.905. The van der Waals surface area contributed by atoms with Gasteiger partial charge in [-0.25, -0.2) is 4.98 Å². The van der Waals surface area contributed by atoms with Gasteiger partial charge in [0.05, 0.1) is 30.7 Å². The van der Waals surface area contributed by atoms with Gasteiger partial charge in [-0.1, -0.05) is 42.2 Å². The van der Waals surface area contributed by atoms with E-state index in [2.05, 4.69) is 10.3 Å². The number of hydrogen-bond acceptors (Lipinski definition) is 8. The molecule has 0 spiro atoms. The van der Waals surface area contributed by atoms with Crippen molar-refractivity contribution in [2.24, 2.45) is 0 Å². The third-order valence-corrected chi connectivity index (χ3v) is 6.43. The van der Waals surface area contributed by atoms with E-state index in [4.69, 9.17) is 21.7 Å². The third kappa shape index (κ3) is 4.92. The lowest BCUT2D eigenvalue weighted by atomic mass is 10.2. The van der Waals surface area contributed by atoms with Crippen LogP contribution in [0.2, 0.25) is 0 Å². The Bertz CT molecular complexity index is 1290. The summed E-state index contributed by atoms with van der Waals surface area (Å²) in [7, 11) is 3.18. The van der Waals surface area contributed by atoms with E-state index in [1.807, 2.05) is 30.3 Å². The van der Waals surface area contributed by atoms with Crippen LogP contribution in [0.15, 0.2) is 58.4 Å². The number of nitrogens with zero attached hydrogens (tertiary/aromatic N) is 3. The van der Waals surface area contributed by atoms with E-state index in [1.54, 1.807) is 38.6 Å². The Morgan fingerprint density at radius 2 is 1.94 bits per heavy atom. The fourth-order valence-electron chi connectivity index (χ4n) is 3.30. The van der Waals surface area contributed by atoms with Gasteiger partial charge in [-0.05, 0) is 35.9 Å². The third-order valence-electron chi connectivity index (χ3n) is 5.06. The molecule has 8 nitrogen and oxygen atoms in total. The number of rotatable bonds is 8. The topological polar surface area (TPSA) is 85.2 Å². The van der Waals surface area contributed by atoms with Gasteiger partial charge in [0.25, 0.3) is 11.5 Å². The monoisotopic (exact) mass is 482 g/mol. The normalized spacial score (nSPS) is 15.0. The van der Waals surface area contributed by atoms with Crippen molar-refractivity contribution in [2.45, 2.75) is 6.54 Å². The molecule has 1 aliphatic rings. The Kier molecular flexibility index (Phi) is 7.07. The second kappa shape index (κ2) is 10.2. The predicted molar refractivity (Wildman–Crippen MR) is 134 cm³/mol. The van der Waals surface area contributed by atoms with Crippen molar-refractivity contribution in [3.05, 3.63) is 75.0 Å². The number of carbonyl (C=O) groups excluding carboxylic acids is 1. The molecular formula is C23H22N4O4S2. The smallest absolute Gasteiger partial charge is 0.267 e. The zero-order valence-corrected chi connectivity index (χ0v) is 19.7. The highest BCUT2D eigenvalue weighted by atomic mass is 32.2. The van der Waals surface area contributed by atoms with Crippen molar-refractivity contribution in [1.82, 2.24) is 14.3 Å². The molecule has 2 aromatic heterocycles. The fourth-order valence-corrected chi connectivity index (χ4v) is 4.59. The minimum absolute atomic E-state index is 0.249. The van der Waals surface area contributed by atoms with Crippen molar-refractivity contribution in [3.8, 4) is 5.75 Å². The molecule has 33 heavy (non-hydrogen) atoms. The minimum Gasteiger partial charge on any atom is -0.497 e. The largest absolute Gasteiger partial charge is 0.497 e. The molecule has 0 aliphatic carbocycles. The second-order valence-electron chi connectivity index (χ2n) is 7.14. The molecule has 0 saturated carbocycles. The maximum absolute atomic E-state index is 13.3. The van der Waals surface area contributed by atoms with Crippen LogP contribution in [-0.2, 0) is 16.1 Å². The summed E-state index contributed by atoms with van der Waals surface area (Å²) >= 11 is 6.51. The predicted octanol–water partition coefficient (Wildman–Crippen LogP) is 3.16. The van der Waals surface area contributed by atoms with Crippen LogP contribution in [-0.4, -0.2) is 51.9 Å². The van der Waals surface area contributed by atoms with Crippen LogP contribution in [0.4, 0.5) is 5.82 Å². The fraction of sp³-hybridized carbons (Fsp3) is 0.217. The number of methoxy groups -OCH3 is 2. The Hall–Kier alpha value is -3.21. The van der Waals surface area contributed by atoms with Crippen LogP contribution in [0.5, 0.6) is 5.75 Å². The number of fused-ring (bicyclic) bond motifs is 1. The first-order valence-electron chi connectivity index (χ1n) is 10.1. The van der Waals surface area contributed by atoms with Crippen LogP contribution < -0.4 is 15.6 Å². The maximum Gasteiger partial charge on any atom is 0.267 e. The maximum atomic E-state index is 13.3. The molecule has 1 saturated heterocycles. The standard InChI is InChI=1S/C23H22N4O4S2/c1-30-12-11-27-22(29)18(33-23(27)32)13-17-20(24-14-15-6-8-16(31-2)9-7-15)25-19-5-3-4-10-26(19)21(17)28/h3-10,13,24H,11-12,14H2,1-2H3. The van der Waals surface area contributed by atoms with Crippen LogP contribution in [0.25, 0.3) is 11.7 Å². The number of aromatic nitrogens is 2. The number of ether oxygens (including phenoxy) is 2. The zero-order chi connectivity index (χ0) is 23.4. The van der Waals surface area contributed by atoms with E-state index in [0.717, 1.165) is 23.1 Å². The van der Waals surface area contributed by atoms with Gasteiger partial charge in [-0.3, -0.25) is 18.9 Å². The number of amides is 1. The van der Waals surface area contributed by atoms with Gasteiger partial charge in [0.1, 0.15) is 21.5 Å². The first-order valence-corrected chi connectivity index (χ1v) is 11.4. The van der Waals surface area contributed by atoms with E-state index in [9.17, 15) is 9.59 Å². The molecule has 170 valence electrons. The summed E-state index contributed by atoms with van der Waals surface area (Å²) < 4.78 is 12.2. The summed E-state index contributed by atoms with van der Waals surface area (Å²) in [6.07, 6.45) is 3.22. The molecule has 10 heteroatoms. The van der Waals surface area contributed by atoms with Crippen molar-refractivity contribution in [1.29, 1.82) is 0 Å². The summed E-state index contributed by atoms with van der Waals surface area (Å²) in [5, 5.41) is 3.25. The quantitative estimate of drug-likeness (QED) is 0.387. The van der Waals surface area contributed by atoms with Gasteiger partial charge < -0.3 is 14.8 Å². The number of carbonyl (C=O) groups is 1. The molecule has 3 heterocycles. The van der Waals surface area contributed by atoms with E-state index in [0.29, 0.717) is 46.0 Å². The molecule has 0 radical (unpaired) electrons. The van der Waals surface area contributed by atoms with Crippen LogP contribution in [0.1, 0.15) is 11.1 Å². The molecule has 0 bridgehead atoms. The minimum atomic E-state index is -0.278. The summed E-state index contributed by atoms with van der Waals surface area (Å²) in [6.45, 7) is 1.17. The zero-order valence-electron chi connectivity index (χ0n) is 18.1. The number of pyridine rings is 1. The van der Waals surface area contributed by atoms with Gasteiger partial charge in [0.2, 0.25) is 0 Å². The molecule has 0 unspecified atom stereocenters. The Balaban J connectivity index is 1.71. The number of thioether (sulfide) groups is 1. The van der Waals surface area contributed by atoms with Crippen molar-refractivity contribution < 1.29 is 14.3 Å². The average molecular weight is 483 g/mol. The summed E-state index contributed by atoms with van der Waals surface area (Å²) in [4.78, 5) is 32.7. The lowest BCUT2D eigenvalue weighted by Gasteiger charge is -2.13.